The van der Waals surface area contributed by atoms with Gasteiger partial charge in [-0.1, -0.05) is 18.5 Å². The minimum Gasteiger partial charge on any atom is -0.309 e. The molecular formula is C13H18ClNOS2. The second-order valence-electron chi connectivity index (χ2n) is 4.26. The van der Waals surface area contributed by atoms with E-state index in [-0.39, 0.29) is 0 Å². The van der Waals surface area contributed by atoms with Gasteiger partial charge in [0, 0.05) is 44.8 Å². The van der Waals surface area contributed by atoms with Gasteiger partial charge in [0.15, 0.2) is 0 Å². The van der Waals surface area contributed by atoms with Crippen LogP contribution in [0.1, 0.15) is 24.9 Å². The van der Waals surface area contributed by atoms with Crippen LogP contribution in [0.25, 0.3) is 0 Å². The number of fused-ring (bicyclic) bond motifs is 1. The van der Waals surface area contributed by atoms with E-state index in [2.05, 4.69) is 17.4 Å². The third kappa shape index (κ3) is 3.73. The van der Waals surface area contributed by atoms with E-state index in [1.54, 1.807) is 0 Å². The summed E-state index contributed by atoms with van der Waals surface area (Å²) in [6.45, 7) is 2.77. The summed E-state index contributed by atoms with van der Waals surface area (Å²) >= 11 is 7.95. The average Bonchev–Trinajstić information content (AvgIpc) is 2.39. The zero-order chi connectivity index (χ0) is 13.0. The lowest BCUT2D eigenvalue weighted by Gasteiger charge is -2.26. The van der Waals surface area contributed by atoms with E-state index < -0.39 is 10.8 Å². The molecule has 18 heavy (non-hydrogen) atoms. The van der Waals surface area contributed by atoms with Crippen LogP contribution in [0.3, 0.4) is 0 Å². The minimum absolute atomic E-state index is 0.355. The van der Waals surface area contributed by atoms with E-state index in [0.717, 1.165) is 35.2 Å². The molecule has 0 aromatic heterocycles. The molecule has 1 N–H and O–H groups in total. The normalized spacial score (nSPS) is 20.4. The Balaban J connectivity index is 1.99. The minimum atomic E-state index is -0.687. The van der Waals surface area contributed by atoms with Crippen LogP contribution in [0, 0.1) is 0 Å². The fourth-order valence-corrected chi connectivity index (χ4v) is 3.99. The van der Waals surface area contributed by atoms with Crippen LogP contribution in [-0.2, 0) is 10.8 Å². The summed E-state index contributed by atoms with van der Waals surface area (Å²) in [6, 6.07) is 6.45. The van der Waals surface area contributed by atoms with Gasteiger partial charge in [-0.3, -0.25) is 4.21 Å². The molecule has 1 aromatic carbocycles. The van der Waals surface area contributed by atoms with Crippen LogP contribution in [0.5, 0.6) is 0 Å². The van der Waals surface area contributed by atoms with Crippen molar-refractivity contribution in [1.82, 2.24) is 5.32 Å². The average molecular weight is 304 g/mol. The zero-order valence-electron chi connectivity index (χ0n) is 10.4. The highest BCUT2D eigenvalue weighted by Gasteiger charge is 2.20. The third-order valence-electron chi connectivity index (χ3n) is 3.05. The molecule has 2 nitrogen and oxygen atoms in total. The van der Waals surface area contributed by atoms with E-state index >= 15 is 0 Å². The monoisotopic (exact) mass is 303 g/mol. The second kappa shape index (κ2) is 6.94. The Hall–Kier alpha value is -0.0300. The summed E-state index contributed by atoms with van der Waals surface area (Å²) in [5, 5.41) is 4.30. The summed E-state index contributed by atoms with van der Waals surface area (Å²) in [5.41, 5.74) is 1.29. The van der Waals surface area contributed by atoms with Gasteiger partial charge in [-0.05, 0) is 35.9 Å². The molecule has 0 aliphatic carbocycles. The van der Waals surface area contributed by atoms with Gasteiger partial charge in [0.05, 0.1) is 0 Å². The lowest BCUT2D eigenvalue weighted by atomic mass is 10.0. The van der Waals surface area contributed by atoms with Crippen molar-refractivity contribution in [2.24, 2.45) is 0 Å². The van der Waals surface area contributed by atoms with E-state index in [1.807, 2.05) is 24.8 Å². The Labute approximate surface area is 120 Å². The van der Waals surface area contributed by atoms with Crippen LogP contribution in [0.4, 0.5) is 0 Å². The first-order valence-electron chi connectivity index (χ1n) is 6.21. The number of hydrogen-bond donors (Lipinski definition) is 1. The molecule has 1 aliphatic heterocycles. The summed E-state index contributed by atoms with van der Waals surface area (Å²) in [5.74, 6) is 2.60. The molecule has 0 saturated heterocycles. The van der Waals surface area contributed by atoms with Crippen molar-refractivity contribution in [3.05, 3.63) is 28.8 Å². The summed E-state index contributed by atoms with van der Waals surface area (Å²) in [7, 11) is -0.687. The maximum Gasteiger partial charge on any atom is 0.0410 e. The first-order valence-corrected chi connectivity index (χ1v) is 9.06. The zero-order valence-corrected chi connectivity index (χ0v) is 12.8. The molecule has 1 aliphatic rings. The van der Waals surface area contributed by atoms with E-state index in [9.17, 15) is 4.21 Å². The van der Waals surface area contributed by atoms with Gasteiger partial charge >= 0.3 is 0 Å². The maximum absolute atomic E-state index is 11.4. The molecule has 1 aromatic rings. The molecule has 2 atom stereocenters. The number of thioether (sulfide) groups is 1. The van der Waals surface area contributed by atoms with E-state index in [0.29, 0.717) is 6.04 Å². The number of benzene rings is 1. The van der Waals surface area contributed by atoms with Crippen molar-refractivity contribution in [2.45, 2.75) is 24.3 Å². The molecule has 5 heteroatoms. The lowest BCUT2D eigenvalue weighted by molar-refractivity contribution is 0.528. The molecule has 2 rings (SSSR count). The van der Waals surface area contributed by atoms with Gasteiger partial charge < -0.3 is 5.32 Å². The van der Waals surface area contributed by atoms with E-state index in [1.165, 1.54) is 10.5 Å². The fraction of sp³-hybridized carbons (Fsp3) is 0.538. The van der Waals surface area contributed by atoms with Gasteiger partial charge in [-0.25, -0.2) is 0 Å². The SMILES string of the molecule is CCS(=O)CCNC1CCSc2ccc(Cl)cc21. The Bertz CT molecular complexity index is 439. The number of rotatable bonds is 5. The largest absolute Gasteiger partial charge is 0.309 e. The standard InChI is InChI=1S/C13H18ClNOS2/c1-2-18(16)8-6-15-12-5-7-17-13-4-3-10(14)9-11(12)13/h3-4,9,12,15H,2,5-8H2,1H3. The number of nitrogens with one attached hydrogen (secondary N) is 1. The maximum atomic E-state index is 11.4. The smallest absolute Gasteiger partial charge is 0.0410 e. The van der Waals surface area contributed by atoms with Crippen molar-refractivity contribution in [1.29, 1.82) is 0 Å². The highest BCUT2D eigenvalue weighted by molar-refractivity contribution is 7.99. The first kappa shape index (κ1) is 14.4. The fourth-order valence-electron chi connectivity index (χ4n) is 2.07. The topological polar surface area (TPSA) is 29.1 Å². The van der Waals surface area contributed by atoms with Crippen LogP contribution in [0.2, 0.25) is 5.02 Å². The molecule has 0 amide bonds. The molecular weight excluding hydrogens is 286 g/mol. The molecule has 2 unspecified atom stereocenters. The third-order valence-corrected chi connectivity index (χ3v) is 5.71. The Morgan fingerprint density at radius 1 is 1.56 bits per heavy atom. The molecule has 0 saturated carbocycles. The van der Waals surface area contributed by atoms with Crippen LogP contribution in [0.15, 0.2) is 23.1 Å². The van der Waals surface area contributed by atoms with E-state index in [4.69, 9.17) is 11.6 Å². The predicted octanol–water partition coefficient (Wildman–Crippen LogP) is 3.24. The van der Waals surface area contributed by atoms with Crippen molar-refractivity contribution in [2.75, 3.05) is 23.8 Å². The summed E-state index contributed by atoms with van der Waals surface area (Å²) in [4.78, 5) is 1.32. The molecule has 0 radical (unpaired) electrons. The Kier molecular flexibility index (Phi) is 5.55. The Morgan fingerprint density at radius 2 is 2.39 bits per heavy atom. The predicted molar refractivity (Wildman–Crippen MR) is 81.1 cm³/mol. The van der Waals surface area contributed by atoms with Crippen molar-refractivity contribution in [3.8, 4) is 0 Å². The molecule has 100 valence electrons. The molecule has 1 heterocycles. The molecule has 0 bridgehead atoms. The highest BCUT2D eigenvalue weighted by atomic mass is 35.5. The summed E-state index contributed by atoms with van der Waals surface area (Å²) < 4.78 is 11.4. The highest BCUT2D eigenvalue weighted by Crippen LogP contribution is 2.37. The van der Waals surface area contributed by atoms with Crippen LogP contribution >= 0.6 is 23.4 Å². The van der Waals surface area contributed by atoms with Crippen LogP contribution < -0.4 is 5.32 Å². The Morgan fingerprint density at radius 3 is 3.17 bits per heavy atom. The molecule has 0 spiro atoms. The van der Waals surface area contributed by atoms with Gasteiger partial charge in [-0.2, -0.15) is 0 Å². The second-order valence-corrected chi connectivity index (χ2v) is 7.70. The van der Waals surface area contributed by atoms with Gasteiger partial charge in [0.25, 0.3) is 0 Å². The van der Waals surface area contributed by atoms with Gasteiger partial charge in [0.1, 0.15) is 0 Å². The van der Waals surface area contributed by atoms with Gasteiger partial charge in [0.2, 0.25) is 0 Å². The number of halogens is 1. The summed E-state index contributed by atoms with van der Waals surface area (Å²) in [6.07, 6.45) is 1.11. The van der Waals surface area contributed by atoms with Crippen molar-refractivity contribution >= 4 is 34.2 Å². The van der Waals surface area contributed by atoms with Gasteiger partial charge in [-0.15, -0.1) is 11.8 Å². The quantitative estimate of drug-likeness (QED) is 0.905. The number of hydrogen-bond acceptors (Lipinski definition) is 3. The molecule has 0 fully saturated rings. The lowest BCUT2D eigenvalue weighted by Crippen LogP contribution is -2.28. The first-order chi connectivity index (χ1) is 8.70. The van der Waals surface area contributed by atoms with Crippen molar-refractivity contribution in [3.63, 3.8) is 0 Å². The van der Waals surface area contributed by atoms with Crippen LogP contribution in [-0.4, -0.2) is 28.0 Å². The van der Waals surface area contributed by atoms with Crippen molar-refractivity contribution < 1.29 is 4.21 Å².